The third-order valence-electron chi connectivity index (χ3n) is 1.74. The van der Waals surface area contributed by atoms with E-state index in [1.807, 2.05) is 6.07 Å². The maximum atomic E-state index is 11.1. The van der Waals surface area contributed by atoms with Crippen LogP contribution < -0.4 is 0 Å². The van der Waals surface area contributed by atoms with E-state index in [1.165, 1.54) is 13.3 Å². The van der Waals surface area contributed by atoms with Crippen LogP contribution in [-0.2, 0) is 0 Å². The zero-order valence-electron chi connectivity index (χ0n) is 6.57. The van der Waals surface area contributed by atoms with Gasteiger partial charge in [0, 0.05) is 0 Å². The minimum Gasteiger partial charge on any atom is -0.443 e. The maximum Gasteiger partial charge on any atom is 0.182 e. The molecule has 0 fully saturated rings. The number of benzene rings is 1. The molecule has 0 bridgehead atoms. The molecule has 0 saturated carbocycles. The fraction of sp³-hybridized carbons (Fsp3) is 0.111. The molecule has 2 aromatic rings. The smallest absolute Gasteiger partial charge is 0.182 e. The molecule has 60 valence electrons. The van der Waals surface area contributed by atoms with Crippen LogP contribution in [-0.4, -0.2) is 10.8 Å². The van der Waals surface area contributed by atoms with Crippen LogP contribution in [0, 0.1) is 0 Å². The van der Waals surface area contributed by atoms with Gasteiger partial charge in [0.1, 0.15) is 5.52 Å². The summed E-state index contributed by atoms with van der Waals surface area (Å²) in [6.07, 6.45) is 1.34. The second-order valence-electron chi connectivity index (χ2n) is 2.56. The van der Waals surface area contributed by atoms with Gasteiger partial charge in [0.25, 0.3) is 0 Å². The van der Waals surface area contributed by atoms with E-state index in [-0.39, 0.29) is 5.78 Å². The van der Waals surface area contributed by atoms with Crippen LogP contribution in [0.25, 0.3) is 11.1 Å². The molecule has 1 heterocycles. The first kappa shape index (κ1) is 7.03. The van der Waals surface area contributed by atoms with Crippen molar-refractivity contribution in [3.05, 3.63) is 30.2 Å². The average molecular weight is 161 g/mol. The number of carbonyl (C=O) groups is 1. The minimum atomic E-state index is -0.00245. The van der Waals surface area contributed by atoms with Gasteiger partial charge in [-0.25, -0.2) is 4.98 Å². The average Bonchev–Trinajstić information content (AvgIpc) is 2.49. The highest BCUT2D eigenvalue weighted by molar-refractivity contribution is 6.03. The molecule has 3 nitrogen and oxygen atoms in total. The van der Waals surface area contributed by atoms with Crippen molar-refractivity contribution in [2.24, 2.45) is 0 Å². The van der Waals surface area contributed by atoms with Crippen molar-refractivity contribution in [3.8, 4) is 0 Å². The summed E-state index contributed by atoms with van der Waals surface area (Å²) in [6.45, 7) is 1.51. The largest absolute Gasteiger partial charge is 0.443 e. The first-order chi connectivity index (χ1) is 5.79. The normalized spacial score (nSPS) is 10.4. The summed E-state index contributed by atoms with van der Waals surface area (Å²) in [7, 11) is 0. The van der Waals surface area contributed by atoms with Gasteiger partial charge in [-0.3, -0.25) is 4.79 Å². The second-order valence-corrected chi connectivity index (χ2v) is 2.56. The van der Waals surface area contributed by atoms with Crippen molar-refractivity contribution in [1.29, 1.82) is 0 Å². The van der Waals surface area contributed by atoms with Gasteiger partial charge < -0.3 is 4.42 Å². The molecular formula is C9H7NO2. The second kappa shape index (κ2) is 2.44. The molecule has 0 aliphatic heterocycles. The van der Waals surface area contributed by atoms with Crippen LogP contribution in [0.1, 0.15) is 17.3 Å². The topological polar surface area (TPSA) is 43.1 Å². The molecule has 0 amide bonds. The van der Waals surface area contributed by atoms with Crippen LogP contribution in [0.3, 0.4) is 0 Å². The molecule has 12 heavy (non-hydrogen) atoms. The summed E-state index contributed by atoms with van der Waals surface area (Å²) in [5.74, 6) is -0.00245. The van der Waals surface area contributed by atoms with E-state index in [4.69, 9.17) is 4.42 Å². The molecule has 1 aromatic carbocycles. The predicted molar refractivity (Wildman–Crippen MR) is 44.0 cm³/mol. The van der Waals surface area contributed by atoms with E-state index in [0.29, 0.717) is 11.1 Å². The maximum absolute atomic E-state index is 11.1. The van der Waals surface area contributed by atoms with E-state index >= 15 is 0 Å². The van der Waals surface area contributed by atoms with E-state index in [1.54, 1.807) is 12.1 Å². The Labute approximate surface area is 69.0 Å². The molecule has 0 aliphatic rings. The molecule has 0 aliphatic carbocycles. The first-order valence-corrected chi connectivity index (χ1v) is 3.62. The molecule has 0 unspecified atom stereocenters. The summed E-state index contributed by atoms with van der Waals surface area (Å²) in [4.78, 5) is 15.0. The quantitative estimate of drug-likeness (QED) is 0.601. The Balaban J connectivity index is 2.82. The number of aromatic nitrogens is 1. The number of fused-ring (bicyclic) bond motifs is 1. The molecule has 0 atom stereocenters. The highest BCUT2D eigenvalue weighted by Crippen LogP contribution is 2.17. The van der Waals surface area contributed by atoms with E-state index < -0.39 is 0 Å². The Hall–Kier alpha value is -1.64. The lowest BCUT2D eigenvalue weighted by Crippen LogP contribution is -1.91. The van der Waals surface area contributed by atoms with Crippen molar-refractivity contribution in [1.82, 2.24) is 4.98 Å². The number of oxazole rings is 1. The first-order valence-electron chi connectivity index (χ1n) is 3.62. The molecule has 0 radical (unpaired) electrons. The summed E-state index contributed by atoms with van der Waals surface area (Å²) in [5, 5.41) is 0. The molecule has 0 spiro atoms. The molecule has 1 aromatic heterocycles. The number of ketones is 1. The van der Waals surface area contributed by atoms with E-state index in [9.17, 15) is 4.79 Å². The number of carbonyl (C=O) groups excluding carboxylic acids is 1. The van der Waals surface area contributed by atoms with Crippen LogP contribution in [0.2, 0.25) is 0 Å². The van der Waals surface area contributed by atoms with Crippen molar-refractivity contribution in [2.75, 3.05) is 0 Å². The van der Waals surface area contributed by atoms with Gasteiger partial charge in [0.2, 0.25) is 0 Å². The van der Waals surface area contributed by atoms with Crippen LogP contribution in [0.5, 0.6) is 0 Å². The number of hydrogen-bond donors (Lipinski definition) is 0. The standard InChI is InChI=1S/C9H7NO2/c1-6(11)7-3-2-4-8-9(7)12-5-10-8/h2-5H,1H3. The van der Waals surface area contributed by atoms with Gasteiger partial charge in [0.15, 0.2) is 17.8 Å². The molecular weight excluding hydrogens is 154 g/mol. The van der Waals surface area contributed by atoms with Gasteiger partial charge >= 0.3 is 0 Å². The third kappa shape index (κ3) is 0.906. The van der Waals surface area contributed by atoms with Crippen molar-refractivity contribution in [3.63, 3.8) is 0 Å². The van der Waals surface area contributed by atoms with Gasteiger partial charge in [-0.1, -0.05) is 6.07 Å². The predicted octanol–water partition coefficient (Wildman–Crippen LogP) is 2.03. The van der Waals surface area contributed by atoms with Gasteiger partial charge in [-0.05, 0) is 19.1 Å². The third-order valence-corrected chi connectivity index (χ3v) is 1.74. The zero-order valence-corrected chi connectivity index (χ0v) is 6.57. The molecule has 2 rings (SSSR count). The Bertz CT molecular complexity index is 431. The fourth-order valence-corrected chi connectivity index (χ4v) is 1.16. The Kier molecular flexibility index (Phi) is 1.43. The van der Waals surface area contributed by atoms with Crippen LogP contribution in [0.4, 0.5) is 0 Å². The fourth-order valence-electron chi connectivity index (χ4n) is 1.16. The lowest BCUT2D eigenvalue weighted by molar-refractivity contribution is 0.101. The van der Waals surface area contributed by atoms with Crippen LogP contribution in [0.15, 0.2) is 29.0 Å². The number of hydrogen-bond acceptors (Lipinski definition) is 3. The summed E-state index contributed by atoms with van der Waals surface area (Å²) in [5.41, 5.74) is 1.89. The highest BCUT2D eigenvalue weighted by atomic mass is 16.3. The summed E-state index contributed by atoms with van der Waals surface area (Å²) < 4.78 is 5.08. The van der Waals surface area contributed by atoms with E-state index in [2.05, 4.69) is 4.98 Å². The van der Waals surface area contributed by atoms with Crippen LogP contribution >= 0.6 is 0 Å². The number of nitrogens with zero attached hydrogens (tertiary/aromatic N) is 1. The van der Waals surface area contributed by atoms with Gasteiger partial charge in [0.05, 0.1) is 5.56 Å². The van der Waals surface area contributed by atoms with Gasteiger partial charge in [-0.2, -0.15) is 0 Å². The lowest BCUT2D eigenvalue weighted by atomic mass is 10.1. The summed E-state index contributed by atoms with van der Waals surface area (Å²) >= 11 is 0. The number of para-hydroxylation sites is 1. The minimum absolute atomic E-state index is 0.00245. The SMILES string of the molecule is CC(=O)c1cccc2ncoc12. The molecule has 3 heteroatoms. The van der Waals surface area contributed by atoms with Crippen molar-refractivity contribution < 1.29 is 9.21 Å². The van der Waals surface area contributed by atoms with Gasteiger partial charge in [-0.15, -0.1) is 0 Å². The van der Waals surface area contributed by atoms with E-state index in [0.717, 1.165) is 5.52 Å². The molecule has 0 saturated heterocycles. The molecule has 0 N–H and O–H groups in total. The zero-order chi connectivity index (χ0) is 8.55. The Morgan fingerprint density at radius 2 is 2.33 bits per heavy atom. The number of Topliss-reactive ketones (excluding diaryl/α,β-unsaturated/α-hetero) is 1. The van der Waals surface area contributed by atoms with Crippen molar-refractivity contribution >= 4 is 16.9 Å². The monoisotopic (exact) mass is 161 g/mol. The highest BCUT2D eigenvalue weighted by Gasteiger charge is 2.07. The summed E-state index contributed by atoms with van der Waals surface area (Å²) in [6, 6.07) is 5.34. The van der Waals surface area contributed by atoms with Crippen molar-refractivity contribution in [2.45, 2.75) is 6.92 Å². The Morgan fingerprint density at radius 1 is 1.50 bits per heavy atom. The lowest BCUT2D eigenvalue weighted by Gasteiger charge is -1.93. The Morgan fingerprint density at radius 3 is 3.08 bits per heavy atom. The number of rotatable bonds is 1.